The Hall–Kier alpha value is -0.680. The molecule has 0 aromatic rings. The maximum absolute atomic E-state index is 10.00. The van der Waals surface area contributed by atoms with E-state index in [4.69, 9.17) is 44.8 Å². The molecule has 0 radical (unpaired) electrons. The summed E-state index contributed by atoms with van der Waals surface area (Å²) >= 11 is 0. The standard InChI is InChI=1S/C12H22O11.C6H12O6/c13-1-4-6(16)8(18)9(19)11(21-4)23-12(3-15)10(20)7(17)5(2-14)22-12;7-1-3-4(9)5(10)6(11,2-8)12-3/h4-11,13-20H,1-3H2;3-5,7-11H,1-2H2/t4-,5-,6-,7-,8+,9-,10+,11?,12+;3-,4-,5+,6-/m11/s1. The van der Waals surface area contributed by atoms with Crippen molar-refractivity contribution in [1.29, 1.82) is 0 Å². The summed E-state index contributed by atoms with van der Waals surface area (Å²) in [6, 6.07) is 0. The van der Waals surface area contributed by atoms with Gasteiger partial charge in [-0.15, -0.1) is 0 Å². The first-order chi connectivity index (χ1) is 16.4. The Kier molecular flexibility index (Phi) is 10.7. The molecule has 0 aromatic carbocycles. The largest absolute Gasteiger partial charge is 0.394 e. The maximum atomic E-state index is 10.00. The zero-order valence-corrected chi connectivity index (χ0v) is 18.3. The lowest BCUT2D eigenvalue weighted by molar-refractivity contribution is -0.383. The molecule has 3 rings (SSSR count). The van der Waals surface area contributed by atoms with Crippen LogP contribution in [0.1, 0.15) is 0 Å². The first-order valence-corrected chi connectivity index (χ1v) is 10.6. The van der Waals surface area contributed by atoms with Crippen molar-refractivity contribution in [2.45, 2.75) is 78.9 Å². The highest BCUT2D eigenvalue weighted by atomic mass is 16.8. The van der Waals surface area contributed by atoms with Crippen LogP contribution in [0.3, 0.4) is 0 Å². The van der Waals surface area contributed by atoms with Gasteiger partial charge in [0.2, 0.25) is 11.6 Å². The first-order valence-electron chi connectivity index (χ1n) is 10.6. The number of aliphatic hydroxyl groups is 13. The molecule has 3 fully saturated rings. The SMILES string of the molecule is OC[C@H]1O[C@@](CO)(OC2O[C@H](CO)[C@@H](O)[C@H](O)[C@H]2O)[C@@H](O)[C@@H]1O.OC[C@H]1O[C@](O)(CO)[C@@H](O)[C@@H]1O. The van der Waals surface area contributed by atoms with Crippen LogP contribution < -0.4 is 0 Å². The van der Waals surface area contributed by atoms with Crippen LogP contribution in [0.2, 0.25) is 0 Å². The van der Waals surface area contributed by atoms with Gasteiger partial charge >= 0.3 is 0 Å². The van der Waals surface area contributed by atoms with Crippen LogP contribution in [-0.2, 0) is 18.9 Å². The second-order valence-electron chi connectivity index (χ2n) is 8.34. The average Bonchev–Trinajstić information content (AvgIpc) is 3.24. The highest BCUT2D eigenvalue weighted by Gasteiger charge is 2.58. The van der Waals surface area contributed by atoms with Crippen molar-refractivity contribution in [2.24, 2.45) is 0 Å². The van der Waals surface area contributed by atoms with E-state index in [0.717, 1.165) is 0 Å². The van der Waals surface area contributed by atoms with Gasteiger partial charge in [-0.05, 0) is 0 Å². The van der Waals surface area contributed by atoms with Crippen LogP contribution in [0, 0.1) is 0 Å². The smallest absolute Gasteiger partial charge is 0.224 e. The summed E-state index contributed by atoms with van der Waals surface area (Å²) in [7, 11) is 0. The van der Waals surface area contributed by atoms with Gasteiger partial charge < -0.3 is 85.3 Å². The first kappa shape index (κ1) is 30.5. The third-order valence-corrected chi connectivity index (χ3v) is 6.00. The Balaban J connectivity index is 0.000000303. The van der Waals surface area contributed by atoms with E-state index in [9.17, 15) is 35.7 Å². The molecule has 0 aliphatic carbocycles. The fourth-order valence-corrected chi connectivity index (χ4v) is 3.78. The van der Waals surface area contributed by atoms with Gasteiger partial charge in [-0.1, -0.05) is 0 Å². The molecule has 17 heteroatoms. The third-order valence-electron chi connectivity index (χ3n) is 6.00. The second-order valence-corrected chi connectivity index (χ2v) is 8.34. The Morgan fingerprint density at radius 2 is 1.09 bits per heavy atom. The third kappa shape index (κ3) is 5.92. The van der Waals surface area contributed by atoms with Crippen LogP contribution in [-0.4, -0.2) is 178 Å². The molecule has 3 aliphatic heterocycles. The fraction of sp³-hybridized carbons (Fsp3) is 1.00. The number of aliphatic hydroxyl groups excluding tert-OH is 12. The summed E-state index contributed by atoms with van der Waals surface area (Å²) < 4.78 is 20.1. The molecule has 0 bridgehead atoms. The van der Waals surface area contributed by atoms with Gasteiger partial charge in [0.25, 0.3) is 0 Å². The molecular formula is C18H34O17. The lowest BCUT2D eigenvalue weighted by Gasteiger charge is -2.43. The number of ether oxygens (including phenoxy) is 4. The van der Waals surface area contributed by atoms with Gasteiger partial charge in [-0.3, -0.25) is 0 Å². The lowest BCUT2D eigenvalue weighted by Crippen LogP contribution is -2.62. The molecule has 0 aromatic heterocycles. The molecule has 0 amide bonds. The molecule has 13 atom stereocenters. The van der Waals surface area contributed by atoms with Crippen molar-refractivity contribution >= 4 is 0 Å². The topological polar surface area (TPSA) is 300 Å². The Morgan fingerprint density at radius 3 is 1.49 bits per heavy atom. The van der Waals surface area contributed by atoms with Crippen molar-refractivity contribution < 1.29 is 85.3 Å². The molecule has 35 heavy (non-hydrogen) atoms. The summed E-state index contributed by atoms with van der Waals surface area (Å²) in [4.78, 5) is 0. The van der Waals surface area contributed by atoms with Gasteiger partial charge in [-0.25, -0.2) is 0 Å². The quantitative estimate of drug-likeness (QED) is 0.148. The van der Waals surface area contributed by atoms with E-state index >= 15 is 0 Å². The van der Waals surface area contributed by atoms with E-state index in [2.05, 4.69) is 4.74 Å². The predicted molar refractivity (Wildman–Crippen MR) is 105 cm³/mol. The number of hydrogen-bond donors (Lipinski definition) is 13. The van der Waals surface area contributed by atoms with Crippen LogP contribution in [0.4, 0.5) is 0 Å². The van der Waals surface area contributed by atoms with E-state index in [1.807, 2.05) is 0 Å². The molecule has 3 aliphatic rings. The normalized spacial score (nSPS) is 50.1. The highest BCUT2D eigenvalue weighted by molar-refractivity contribution is 4.98. The molecular weight excluding hydrogens is 488 g/mol. The van der Waals surface area contributed by atoms with Crippen molar-refractivity contribution in [3.8, 4) is 0 Å². The van der Waals surface area contributed by atoms with E-state index in [1.54, 1.807) is 0 Å². The van der Waals surface area contributed by atoms with Gasteiger partial charge in [0, 0.05) is 0 Å². The Morgan fingerprint density at radius 1 is 0.571 bits per heavy atom. The molecule has 1 unspecified atom stereocenters. The fourth-order valence-electron chi connectivity index (χ4n) is 3.78. The molecule has 0 saturated carbocycles. The second kappa shape index (κ2) is 12.2. The minimum absolute atomic E-state index is 0.527. The summed E-state index contributed by atoms with van der Waals surface area (Å²) in [6.07, 6.45) is -16.7. The zero-order chi connectivity index (χ0) is 26.7. The zero-order valence-electron chi connectivity index (χ0n) is 18.3. The van der Waals surface area contributed by atoms with Crippen molar-refractivity contribution in [1.82, 2.24) is 0 Å². The van der Waals surface area contributed by atoms with Crippen molar-refractivity contribution in [2.75, 3.05) is 33.0 Å². The van der Waals surface area contributed by atoms with Crippen molar-refractivity contribution in [3.63, 3.8) is 0 Å². The molecule has 17 nitrogen and oxygen atoms in total. The van der Waals surface area contributed by atoms with E-state index in [-0.39, 0.29) is 0 Å². The Bertz CT molecular complexity index is 655. The van der Waals surface area contributed by atoms with E-state index < -0.39 is 112 Å². The van der Waals surface area contributed by atoms with Crippen LogP contribution in [0.15, 0.2) is 0 Å². The maximum Gasteiger partial charge on any atom is 0.224 e. The van der Waals surface area contributed by atoms with Crippen LogP contribution >= 0.6 is 0 Å². The van der Waals surface area contributed by atoms with Gasteiger partial charge in [0.1, 0.15) is 67.6 Å². The summed E-state index contributed by atoms with van der Waals surface area (Å²) in [5, 5.41) is 121. The monoisotopic (exact) mass is 522 g/mol. The van der Waals surface area contributed by atoms with E-state index in [1.165, 1.54) is 0 Å². The predicted octanol–water partition coefficient (Wildman–Crippen LogP) is -8.62. The van der Waals surface area contributed by atoms with Gasteiger partial charge in [0.05, 0.1) is 26.4 Å². The molecule has 13 N–H and O–H groups in total. The highest BCUT2D eigenvalue weighted by Crippen LogP contribution is 2.36. The Labute approximate surface area is 198 Å². The summed E-state index contributed by atoms with van der Waals surface area (Å²) in [5.74, 6) is -4.38. The van der Waals surface area contributed by atoms with Gasteiger partial charge in [-0.2, -0.15) is 0 Å². The minimum Gasteiger partial charge on any atom is -0.394 e. The number of rotatable bonds is 7. The molecule has 0 spiro atoms. The van der Waals surface area contributed by atoms with Gasteiger partial charge in [0.15, 0.2) is 6.29 Å². The van der Waals surface area contributed by atoms with E-state index in [0.29, 0.717) is 0 Å². The molecule has 3 heterocycles. The lowest BCUT2D eigenvalue weighted by atomic mass is 9.99. The number of hydrogen-bond acceptors (Lipinski definition) is 17. The summed E-state index contributed by atoms with van der Waals surface area (Å²) in [6.45, 7) is -3.68. The minimum atomic E-state index is -2.22. The summed E-state index contributed by atoms with van der Waals surface area (Å²) in [5.41, 5.74) is 0. The molecule has 208 valence electrons. The van der Waals surface area contributed by atoms with Crippen LogP contribution in [0.5, 0.6) is 0 Å². The van der Waals surface area contributed by atoms with Crippen LogP contribution in [0.25, 0.3) is 0 Å². The average molecular weight is 522 g/mol. The van der Waals surface area contributed by atoms with Crippen molar-refractivity contribution in [3.05, 3.63) is 0 Å². The molecule has 3 saturated heterocycles.